The average Bonchev–Trinajstić information content (AvgIpc) is 2.35. The Bertz CT molecular complexity index is 481. The van der Waals surface area contributed by atoms with Crippen molar-refractivity contribution < 1.29 is 13.6 Å². The number of hydrogen-bond donors (Lipinski definition) is 1. The summed E-state index contributed by atoms with van der Waals surface area (Å²) in [6, 6.07) is 2.81. The number of halogens is 3. The van der Waals surface area contributed by atoms with Gasteiger partial charge in [0, 0.05) is 25.7 Å². The zero-order chi connectivity index (χ0) is 13.3. The van der Waals surface area contributed by atoms with Gasteiger partial charge in [0.25, 0.3) is 5.91 Å². The van der Waals surface area contributed by atoms with Crippen LogP contribution in [0.5, 0.6) is 0 Å². The van der Waals surface area contributed by atoms with Gasteiger partial charge in [0.05, 0.1) is 10.0 Å². The second kappa shape index (κ2) is 5.32. The molecule has 18 heavy (non-hydrogen) atoms. The van der Waals surface area contributed by atoms with Crippen LogP contribution in [0.15, 0.2) is 16.6 Å². The molecular formula is C12H13BrF2N2O. The van der Waals surface area contributed by atoms with Crippen LogP contribution in [0.2, 0.25) is 0 Å². The van der Waals surface area contributed by atoms with Gasteiger partial charge in [-0.25, -0.2) is 8.78 Å². The Balaban J connectivity index is 2.26. The zero-order valence-electron chi connectivity index (χ0n) is 9.84. The third-order valence-corrected chi connectivity index (χ3v) is 3.53. The van der Waals surface area contributed by atoms with E-state index in [1.54, 1.807) is 0 Å². The molecule has 0 unspecified atom stereocenters. The molecule has 98 valence electrons. The summed E-state index contributed by atoms with van der Waals surface area (Å²) in [5.41, 5.74) is -0.218. The molecule has 0 radical (unpaired) electrons. The maximum atomic E-state index is 13.7. The van der Waals surface area contributed by atoms with Crippen molar-refractivity contribution in [1.82, 2.24) is 10.2 Å². The fraction of sp³-hybridized carbons (Fsp3) is 0.417. The fourth-order valence-corrected chi connectivity index (χ4v) is 2.28. The Labute approximate surface area is 112 Å². The van der Waals surface area contributed by atoms with Crippen molar-refractivity contribution in [1.29, 1.82) is 0 Å². The number of carbonyl (C=O) groups is 1. The van der Waals surface area contributed by atoms with Crippen molar-refractivity contribution >= 4 is 21.8 Å². The zero-order valence-corrected chi connectivity index (χ0v) is 11.4. The predicted molar refractivity (Wildman–Crippen MR) is 67.4 cm³/mol. The highest BCUT2D eigenvalue weighted by molar-refractivity contribution is 9.10. The molecule has 3 nitrogen and oxygen atoms in total. The molecule has 1 amide bonds. The van der Waals surface area contributed by atoms with Crippen molar-refractivity contribution in [2.24, 2.45) is 0 Å². The molecule has 0 bridgehead atoms. The summed E-state index contributed by atoms with van der Waals surface area (Å²) in [5.74, 6) is -2.59. The lowest BCUT2D eigenvalue weighted by Gasteiger charge is -2.32. The van der Waals surface area contributed by atoms with E-state index in [1.165, 1.54) is 17.0 Å². The first-order chi connectivity index (χ1) is 8.50. The molecule has 1 aromatic rings. The van der Waals surface area contributed by atoms with Crippen molar-refractivity contribution in [3.63, 3.8) is 0 Å². The number of hydrogen-bond acceptors (Lipinski definition) is 2. The van der Waals surface area contributed by atoms with E-state index < -0.39 is 17.5 Å². The summed E-state index contributed by atoms with van der Waals surface area (Å²) in [6.07, 6.45) is 0. The minimum atomic E-state index is -1.10. The second-order valence-electron chi connectivity index (χ2n) is 4.33. The maximum Gasteiger partial charge on any atom is 0.257 e. The van der Waals surface area contributed by atoms with E-state index in [0.717, 1.165) is 0 Å². The summed E-state index contributed by atoms with van der Waals surface area (Å²) in [7, 11) is 0. The molecule has 1 fully saturated rings. The van der Waals surface area contributed by atoms with Gasteiger partial charge in [-0.1, -0.05) is 0 Å². The van der Waals surface area contributed by atoms with Gasteiger partial charge in [0.15, 0.2) is 11.6 Å². The van der Waals surface area contributed by atoms with Crippen LogP contribution in [-0.4, -0.2) is 36.5 Å². The molecule has 2 rings (SSSR count). The first-order valence-electron chi connectivity index (χ1n) is 5.67. The van der Waals surface area contributed by atoms with Crippen LogP contribution in [0, 0.1) is 11.6 Å². The molecule has 1 aromatic carbocycles. The second-order valence-corrected chi connectivity index (χ2v) is 5.18. The average molecular weight is 319 g/mol. The number of rotatable bonds is 1. The number of nitrogens with zero attached hydrogens (tertiary/aromatic N) is 1. The van der Waals surface area contributed by atoms with Crippen LogP contribution in [0.1, 0.15) is 17.3 Å². The van der Waals surface area contributed by atoms with E-state index in [0.29, 0.717) is 19.6 Å². The number of benzene rings is 1. The lowest BCUT2D eigenvalue weighted by atomic mass is 10.1. The molecule has 6 heteroatoms. The molecule has 1 aliphatic rings. The van der Waals surface area contributed by atoms with Gasteiger partial charge in [-0.05, 0) is 35.0 Å². The lowest BCUT2D eigenvalue weighted by molar-refractivity contribution is 0.0703. The van der Waals surface area contributed by atoms with Gasteiger partial charge in [-0.15, -0.1) is 0 Å². The molecule has 1 aliphatic heterocycles. The standard InChI is InChI=1S/C12H13BrF2N2O/c1-7-6-17(5-4-16-7)12(18)8-2-3-9(13)11(15)10(8)14/h2-3,7,16H,4-6H2,1H3/t7-/m1/s1. The smallest absolute Gasteiger partial charge is 0.257 e. The maximum absolute atomic E-state index is 13.7. The summed E-state index contributed by atoms with van der Waals surface area (Å²) in [4.78, 5) is 13.6. The number of carbonyl (C=O) groups excluding carboxylic acids is 1. The van der Waals surface area contributed by atoms with Crippen LogP contribution in [0.3, 0.4) is 0 Å². The van der Waals surface area contributed by atoms with Gasteiger partial charge in [0.2, 0.25) is 0 Å². The number of nitrogens with one attached hydrogen (secondary N) is 1. The van der Waals surface area contributed by atoms with Crippen molar-refractivity contribution in [3.8, 4) is 0 Å². The van der Waals surface area contributed by atoms with E-state index in [4.69, 9.17) is 0 Å². The van der Waals surface area contributed by atoms with E-state index in [1.807, 2.05) is 6.92 Å². The quantitative estimate of drug-likeness (QED) is 0.805. The van der Waals surface area contributed by atoms with Gasteiger partial charge in [-0.3, -0.25) is 4.79 Å². The minimum absolute atomic E-state index is 0.0187. The van der Waals surface area contributed by atoms with E-state index in [2.05, 4.69) is 21.2 Å². The first kappa shape index (κ1) is 13.4. The lowest BCUT2D eigenvalue weighted by Crippen LogP contribution is -2.51. The summed E-state index contributed by atoms with van der Waals surface area (Å²) in [5, 5.41) is 3.18. The Morgan fingerprint density at radius 3 is 2.83 bits per heavy atom. The molecule has 1 N–H and O–H groups in total. The molecular weight excluding hydrogens is 306 g/mol. The first-order valence-corrected chi connectivity index (χ1v) is 6.46. The van der Waals surface area contributed by atoms with Gasteiger partial charge in [0.1, 0.15) is 0 Å². The topological polar surface area (TPSA) is 32.3 Å². The predicted octanol–water partition coefficient (Wildman–Crippen LogP) is 2.16. The normalized spacial score (nSPS) is 20.0. The third-order valence-electron chi connectivity index (χ3n) is 2.92. The summed E-state index contributed by atoms with van der Waals surface area (Å²) in [6.45, 7) is 3.60. The molecule has 0 aromatic heterocycles. The Hall–Kier alpha value is -1.01. The van der Waals surface area contributed by atoms with Crippen LogP contribution in [0.4, 0.5) is 8.78 Å². The van der Waals surface area contributed by atoms with Crippen LogP contribution in [0.25, 0.3) is 0 Å². The van der Waals surface area contributed by atoms with Crippen LogP contribution >= 0.6 is 15.9 Å². The monoisotopic (exact) mass is 318 g/mol. The number of piperazine rings is 1. The molecule has 1 saturated heterocycles. The fourth-order valence-electron chi connectivity index (χ4n) is 1.98. The van der Waals surface area contributed by atoms with Gasteiger partial charge >= 0.3 is 0 Å². The minimum Gasteiger partial charge on any atom is -0.336 e. The largest absolute Gasteiger partial charge is 0.336 e. The van der Waals surface area contributed by atoms with Gasteiger partial charge in [-0.2, -0.15) is 0 Å². The summed E-state index contributed by atoms with van der Waals surface area (Å²) < 4.78 is 27.1. The van der Waals surface area contributed by atoms with E-state index in [-0.39, 0.29) is 16.1 Å². The third kappa shape index (κ3) is 2.54. The molecule has 1 heterocycles. The SMILES string of the molecule is C[C@@H]1CN(C(=O)c2ccc(Br)c(F)c2F)CCN1. The molecule has 0 aliphatic carbocycles. The van der Waals surface area contributed by atoms with Crippen molar-refractivity contribution in [2.75, 3.05) is 19.6 Å². The van der Waals surface area contributed by atoms with Gasteiger partial charge < -0.3 is 10.2 Å². The van der Waals surface area contributed by atoms with E-state index >= 15 is 0 Å². The Kier molecular flexibility index (Phi) is 3.97. The van der Waals surface area contributed by atoms with Crippen molar-refractivity contribution in [2.45, 2.75) is 13.0 Å². The molecule has 0 saturated carbocycles. The Morgan fingerprint density at radius 1 is 1.44 bits per heavy atom. The highest BCUT2D eigenvalue weighted by Gasteiger charge is 2.25. The van der Waals surface area contributed by atoms with Crippen LogP contribution < -0.4 is 5.32 Å². The summed E-state index contributed by atoms with van der Waals surface area (Å²) >= 11 is 2.88. The van der Waals surface area contributed by atoms with Crippen molar-refractivity contribution in [3.05, 3.63) is 33.8 Å². The Morgan fingerprint density at radius 2 is 2.17 bits per heavy atom. The van der Waals surface area contributed by atoms with Crippen LogP contribution in [-0.2, 0) is 0 Å². The number of amides is 1. The van der Waals surface area contributed by atoms with E-state index in [9.17, 15) is 13.6 Å². The highest BCUT2D eigenvalue weighted by atomic mass is 79.9. The molecule has 0 spiro atoms. The highest BCUT2D eigenvalue weighted by Crippen LogP contribution is 2.22. The molecule has 1 atom stereocenters.